The van der Waals surface area contributed by atoms with Crippen LogP contribution in [0.5, 0.6) is 0 Å². The maximum Gasteiger partial charge on any atom is 0.303 e. The van der Waals surface area contributed by atoms with Crippen LogP contribution in [0, 0.1) is 12.3 Å². The molecule has 1 heterocycles. The van der Waals surface area contributed by atoms with Gasteiger partial charge in [-0.25, -0.2) is 0 Å². The fraction of sp³-hybridized carbons (Fsp3) is 0.545. The number of amides is 1. The van der Waals surface area contributed by atoms with Gasteiger partial charge in [-0.15, -0.1) is 0 Å². The summed E-state index contributed by atoms with van der Waals surface area (Å²) in [5, 5.41) is 17.8. The first-order valence-electron chi connectivity index (χ1n) is 5.32. The van der Waals surface area contributed by atoms with Crippen molar-refractivity contribution in [2.24, 2.45) is 5.41 Å². The van der Waals surface area contributed by atoms with Gasteiger partial charge in [-0.3, -0.25) is 14.7 Å². The largest absolute Gasteiger partial charge is 0.481 e. The average Bonchev–Trinajstić information content (AvgIpc) is 2.47. The van der Waals surface area contributed by atoms with E-state index in [4.69, 9.17) is 5.11 Å². The third kappa shape index (κ3) is 4.26. The zero-order chi connectivity index (χ0) is 13.1. The first-order valence-corrected chi connectivity index (χ1v) is 5.32. The number of carbonyl (C=O) groups excluding carboxylic acids is 1. The van der Waals surface area contributed by atoms with Crippen LogP contribution in [0.3, 0.4) is 0 Å². The standard InChI is InChI=1S/C11H17N3O3/c1-7-6-12-14-10(7)13-8(15)4-11(2,3)5-9(16)17/h6H,4-5H2,1-3H3,(H,16,17)(H2,12,13,14,15). The highest BCUT2D eigenvalue weighted by atomic mass is 16.4. The summed E-state index contributed by atoms with van der Waals surface area (Å²) in [6.07, 6.45) is 1.72. The van der Waals surface area contributed by atoms with Crippen LogP contribution >= 0.6 is 0 Å². The van der Waals surface area contributed by atoms with Crippen LogP contribution in [0.4, 0.5) is 5.82 Å². The van der Waals surface area contributed by atoms with E-state index in [0.29, 0.717) is 5.82 Å². The van der Waals surface area contributed by atoms with Gasteiger partial charge in [-0.1, -0.05) is 13.8 Å². The van der Waals surface area contributed by atoms with E-state index in [9.17, 15) is 9.59 Å². The highest BCUT2D eigenvalue weighted by molar-refractivity contribution is 5.91. The lowest BCUT2D eigenvalue weighted by Crippen LogP contribution is -2.25. The van der Waals surface area contributed by atoms with Gasteiger partial charge in [0, 0.05) is 12.0 Å². The van der Waals surface area contributed by atoms with E-state index in [0.717, 1.165) is 5.56 Å². The number of aryl methyl sites for hydroxylation is 1. The van der Waals surface area contributed by atoms with Gasteiger partial charge in [0.25, 0.3) is 0 Å². The van der Waals surface area contributed by atoms with E-state index in [-0.39, 0.29) is 18.7 Å². The van der Waals surface area contributed by atoms with Crippen molar-refractivity contribution in [3.8, 4) is 0 Å². The second-order valence-corrected chi connectivity index (χ2v) is 4.89. The van der Waals surface area contributed by atoms with E-state index in [1.807, 2.05) is 6.92 Å². The number of H-pyrrole nitrogens is 1. The number of anilines is 1. The van der Waals surface area contributed by atoms with Crippen molar-refractivity contribution in [2.45, 2.75) is 33.6 Å². The van der Waals surface area contributed by atoms with Gasteiger partial charge in [0.2, 0.25) is 5.91 Å². The number of carboxylic acid groups (broad SMARTS) is 1. The number of hydrogen-bond acceptors (Lipinski definition) is 3. The maximum absolute atomic E-state index is 11.7. The Morgan fingerprint density at radius 1 is 1.47 bits per heavy atom. The molecule has 17 heavy (non-hydrogen) atoms. The molecule has 94 valence electrons. The van der Waals surface area contributed by atoms with Crippen LogP contribution in [-0.2, 0) is 9.59 Å². The van der Waals surface area contributed by atoms with E-state index in [1.165, 1.54) is 0 Å². The van der Waals surface area contributed by atoms with Gasteiger partial charge in [0.15, 0.2) is 0 Å². The summed E-state index contributed by atoms with van der Waals surface area (Å²) in [4.78, 5) is 22.3. The summed E-state index contributed by atoms with van der Waals surface area (Å²) in [5.74, 6) is -0.565. The molecule has 0 aliphatic rings. The molecular weight excluding hydrogens is 222 g/mol. The zero-order valence-corrected chi connectivity index (χ0v) is 10.2. The zero-order valence-electron chi connectivity index (χ0n) is 10.2. The lowest BCUT2D eigenvalue weighted by atomic mass is 9.85. The van der Waals surface area contributed by atoms with Gasteiger partial charge in [-0.2, -0.15) is 5.10 Å². The molecule has 6 nitrogen and oxygen atoms in total. The fourth-order valence-electron chi connectivity index (χ4n) is 1.56. The van der Waals surface area contributed by atoms with Crippen molar-refractivity contribution in [1.82, 2.24) is 10.2 Å². The number of rotatable bonds is 5. The smallest absolute Gasteiger partial charge is 0.303 e. The number of nitrogens with one attached hydrogen (secondary N) is 2. The predicted octanol–water partition coefficient (Wildman–Crippen LogP) is 1.55. The Labute approximate surface area is 99.4 Å². The van der Waals surface area contributed by atoms with Gasteiger partial charge in [0.05, 0.1) is 12.6 Å². The van der Waals surface area contributed by atoms with Crippen molar-refractivity contribution in [1.29, 1.82) is 0 Å². The summed E-state index contributed by atoms with van der Waals surface area (Å²) >= 11 is 0. The maximum atomic E-state index is 11.7. The van der Waals surface area contributed by atoms with E-state index >= 15 is 0 Å². The van der Waals surface area contributed by atoms with Gasteiger partial charge < -0.3 is 10.4 Å². The van der Waals surface area contributed by atoms with Gasteiger partial charge in [-0.05, 0) is 12.3 Å². The molecule has 0 atom stereocenters. The molecule has 0 aromatic carbocycles. The molecule has 1 aromatic rings. The minimum Gasteiger partial charge on any atom is -0.481 e. The summed E-state index contributed by atoms with van der Waals surface area (Å²) in [6.45, 7) is 5.32. The SMILES string of the molecule is Cc1cn[nH]c1NC(=O)CC(C)(C)CC(=O)O. The summed E-state index contributed by atoms with van der Waals surface area (Å²) in [5.41, 5.74) is 0.276. The van der Waals surface area contributed by atoms with Crippen molar-refractivity contribution in [2.75, 3.05) is 5.32 Å². The lowest BCUT2D eigenvalue weighted by Gasteiger charge is -2.21. The molecule has 3 N–H and O–H groups in total. The highest BCUT2D eigenvalue weighted by Crippen LogP contribution is 2.25. The Morgan fingerprint density at radius 2 is 2.12 bits per heavy atom. The number of carboxylic acids is 1. The van der Waals surface area contributed by atoms with Gasteiger partial charge >= 0.3 is 5.97 Å². The minimum atomic E-state index is -0.902. The van der Waals surface area contributed by atoms with Crippen molar-refractivity contribution < 1.29 is 14.7 Å². The molecule has 0 unspecified atom stereocenters. The first-order chi connectivity index (χ1) is 7.80. The molecule has 1 aromatic heterocycles. The van der Waals surface area contributed by atoms with E-state index in [2.05, 4.69) is 15.5 Å². The average molecular weight is 239 g/mol. The van der Waals surface area contributed by atoms with Crippen molar-refractivity contribution >= 4 is 17.7 Å². The number of nitrogens with zero attached hydrogens (tertiary/aromatic N) is 1. The molecule has 1 amide bonds. The second kappa shape index (κ2) is 4.99. The van der Waals surface area contributed by atoms with Crippen LogP contribution in [0.2, 0.25) is 0 Å². The van der Waals surface area contributed by atoms with Gasteiger partial charge in [0.1, 0.15) is 5.82 Å². The van der Waals surface area contributed by atoms with Crippen molar-refractivity contribution in [3.63, 3.8) is 0 Å². The number of aromatic nitrogens is 2. The topological polar surface area (TPSA) is 95.1 Å². The molecule has 1 rings (SSSR count). The second-order valence-electron chi connectivity index (χ2n) is 4.89. The summed E-state index contributed by atoms with van der Waals surface area (Å²) < 4.78 is 0. The molecule has 0 radical (unpaired) electrons. The molecule has 0 saturated carbocycles. The number of aromatic amines is 1. The number of hydrogen-bond donors (Lipinski definition) is 3. The Hall–Kier alpha value is -1.85. The Morgan fingerprint density at radius 3 is 2.59 bits per heavy atom. The Bertz CT molecular complexity index is 423. The van der Waals surface area contributed by atoms with Crippen LogP contribution in [0.25, 0.3) is 0 Å². The lowest BCUT2D eigenvalue weighted by molar-refractivity contribution is -0.139. The molecular formula is C11H17N3O3. The van der Waals surface area contributed by atoms with Crippen LogP contribution in [0.1, 0.15) is 32.3 Å². The summed E-state index contributed by atoms with van der Waals surface area (Å²) in [7, 11) is 0. The molecule has 0 aliphatic carbocycles. The summed E-state index contributed by atoms with van der Waals surface area (Å²) in [6, 6.07) is 0. The first kappa shape index (κ1) is 13.2. The molecule has 6 heteroatoms. The van der Waals surface area contributed by atoms with E-state index in [1.54, 1.807) is 20.0 Å². The molecule has 0 aliphatic heterocycles. The predicted molar refractivity (Wildman–Crippen MR) is 62.6 cm³/mol. The quantitative estimate of drug-likeness (QED) is 0.726. The van der Waals surface area contributed by atoms with Crippen molar-refractivity contribution in [3.05, 3.63) is 11.8 Å². The minimum absolute atomic E-state index is 0.0393. The molecule has 0 fully saturated rings. The molecule has 0 saturated heterocycles. The molecule has 0 spiro atoms. The van der Waals surface area contributed by atoms with Crippen LogP contribution in [0.15, 0.2) is 6.20 Å². The Balaban J connectivity index is 2.55. The Kier molecular flexibility index (Phi) is 3.88. The highest BCUT2D eigenvalue weighted by Gasteiger charge is 2.25. The number of carbonyl (C=O) groups is 2. The fourth-order valence-corrected chi connectivity index (χ4v) is 1.56. The molecule has 0 bridgehead atoms. The van der Waals surface area contributed by atoms with E-state index < -0.39 is 11.4 Å². The van der Waals surface area contributed by atoms with Crippen LogP contribution < -0.4 is 5.32 Å². The monoisotopic (exact) mass is 239 g/mol. The third-order valence-corrected chi connectivity index (χ3v) is 2.36. The number of aliphatic carboxylic acids is 1. The normalized spacial score (nSPS) is 11.2. The third-order valence-electron chi connectivity index (χ3n) is 2.36. The van der Waals surface area contributed by atoms with Crippen LogP contribution in [-0.4, -0.2) is 27.2 Å².